The summed E-state index contributed by atoms with van der Waals surface area (Å²) >= 11 is 0. The minimum atomic E-state index is -0.242. The van der Waals surface area contributed by atoms with Gasteiger partial charge in [-0.15, -0.1) is 0 Å². The van der Waals surface area contributed by atoms with Gasteiger partial charge < -0.3 is 4.74 Å². The van der Waals surface area contributed by atoms with Gasteiger partial charge in [-0.05, 0) is 36.8 Å². The molecule has 2 aromatic carbocycles. The van der Waals surface area contributed by atoms with Crippen LogP contribution in [-0.4, -0.2) is 17.1 Å². The van der Waals surface area contributed by atoms with E-state index in [1.165, 1.54) is 5.56 Å². The molecule has 0 N–H and O–H groups in total. The molecule has 0 saturated heterocycles. The van der Waals surface area contributed by atoms with Gasteiger partial charge in [0.05, 0.1) is 16.9 Å². The number of ether oxygens (including phenoxy) is 1. The third kappa shape index (κ3) is 3.09. The Morgan fingerprint density at radius 2 is 1.65 bits per heavy atom. The summed E-state index contributed by atoms with van der Waals surface area (Å²) in [6.45, 7) is 2.09. The summed E-state index contributed by atoms with van der Waals surface area (Å²) in [5, 5.41) is 1.08. The van der Waals surface area contributed by atoms with Gasteiger partial charge in [-0.2, -0.15) is 0 Å². The molecule has 3 nitrogen and oxygen atoms in total. The fourth-order valence-corrected chi connectivity index (χ4v) is 3.23. The Balaban J connectivity index is 1.93. The predicted molar refractivity (Wildman–Crippen MR) is 105 cm³/mol. The number of pyridine rings is 2. The number of hydrogen-bond donors (Lipinski definition) is 0. The van der Waals surface area contributed by atoms with Crippen LogP contribution < -0.4 is 0 Å². The largest absolute Gasteiger partial charge is 0.370 e. The Labute approximate surface area is 153 Å². The number of para-hydroxylation sites is 1. The average molecular weight is 340 g/mol. The van der Waals surface area contributed by atoms with E-state index in [4.69, 9.17) is 9.72 Å². The molecule has 2 aromatic heterocycles. The summed E-state index contributed by atoms with van der Waals surface area (Å²) < 4.78 is 5.85. The standard InChI is InChI=1S/C23H20N2O/c1-16-10-12-17(13-11-16)22-15-19(18-7-3-4-8-20(18)25-22)23(26-2)21-9-5-6-14-24-21/h3-15,23H,1-2H3. The van der Waals surface area contributed by atoms with Crippen LogP contribution in [0.5, 0.6) is 0 Å². The lowest BCUT2D eigenvalue weighted by atomic mass is 9.98. The van der Waals surface area contributed by atoms with Gasteiger partial charge in [-0.1, -0.05) is 54.1 Å². The van der Waals surface area contributed by atoms with E-state index in [2.05, 4.69) is 48.3 Å². The molecule has 3 heteroatoms. The van der Waals surface area contributed by atoms with Crippen LogP contribution in [0.4, 0.5) is 0 Å². The molecule has 0 aliphatic heterocycles. The second-order valence-electron chi connectivity index (χ2n) is 6.35. The van der Waals surface area contributed by atoms with Crippen LogP contribution in [0.1, 0.15) is 22.9 Å². The van der Waals surface area contributed by atoms with Crippen molar-refractivity contribution in [3.8, 4) is 11.3 Å². The molecular weight excluding hydrogens is 320 g/mol. The fraction of sp³-hybridized carbons (Fsp3) is 0.130. The molecule has 2 heterocycles. The zero-order chi connectivity index (χ0) is 17.9. The number of fused-ring (bicyclic) bond motifs is 1. The minimum absolute atomic E-state index is 0.242. The molecule has 1 atom stereocenters. The molecule has 128 valence electrons. The topological polar surface area (TPSA) is 35.0 Å². The Kier molecular flexibility index (Phi) is 4.46. The number of methoxy groups -OCH3 is 1. The van der Waals surface area contributed by atoms with Crippen molar-refractivity contribution in [2.45, 2.75) is 13.0 Å². The van der Waals surface area contributed by atoms with Gasteiger partial charge in [0.2, 0.25) is 0 Å². The van der Waals surface area contributed by atoms with Crippen molar-refractivity contribution in [2.24, 2.45) is 0 Å². The van der Waals surface area contributed by atoms with Crippen LogP contribution in [0.25, 0.3) is 22.2 Å². The van der Waals surface area contributed by atoms with Gasteiger partial charge in [0, 0.05) is 24.3 Å². The number of benzene rings is 2. The SMILES string of the molecule is COC(c1ccccn1)c1cc(-c2ccc(C)cc2)nc2ccccc12. The second kappa shape index (κ2) is 7.06. The van der Waals surface area contributed by atoms with E-state index in [1.54, 1.807) is 13.3 Å². The van der Waals surface area contributed by atoms with Crippen LogP contribution in [0.15, 0.2) is 79.0 Å². The number of rotatable bonds is 4. The van der Waals surface area contributed by atoms with Gasteiger partial charge in [0.15, 0.2) is 0 Å². The maximum atomic E-state index is 5.85. The summed E-state index contributed by atoms with van der Waals surface area (Å²) in [4.78, 5) is 9.37. The monoisotopic (exact) mass is 340 g/mol. The van der Waals surface area contributed by atoms with Crippen molar-refractivity contribution in [1.29, 1.82) is 0 Å². The second-order valence-corrected chi connectivity index (χ2v) is 6.35. The molecule has 0 radical (unpaired) electrons. The Morgan fingerprint density at radius 1 is 0.885 bits per heavy atom. The normalized spacial score (nSPS) is 12.2. The van der Waals surface area contributed by atoms with Crippen molar-refractivity contribution in [1.82, 2.24) is 9.97 Å². The first-order chi connectivity index (χ1) is 12.8. The van der Waals surface area contributed by atoms with Gasteiger partial charge in [-0.3, -0.25) is 4.98 Å². The molecule has 26 heavy (non-hydrogen) atoms. The molecule has 4 rings (SSSR count). The maximum Gasteiger partial charge on any atom is 0.125 e. The summed E-state index contributed by atoms with van der Waals surface area (Å²) in [7, 11) is 1.72. The highest BCUT2D eigenvalue weighted by Gasteiger charge is 2.19. The Morgan fingerprint density at radius 3 is 2.38 bits per heavy atom. The lowest BCUT2D eigenvalue weighted by Gasteiger charge is -2.18. The maximum absolute atomic E-state index is 5.85. The highest BCUT2D eigenvalue weighted by atomic mass is 16.5. The minimum Gasteiger partial charge on any atom is -0.370 e. The van der Waals surface area contributed by atoms with E-state index in [0.29, 0.717) is 0 Å². The van der Waals surface area contributed by atoms with Crippen molar-refractivity contribution in [3.05, 3.63) is 95.8 Å². The van der Waals surface area contributed by atoms with E-state index in [9.17, 15) is 0 Å². The molecule has 0 saturated carbocycles. The summed E-state index contributed by atoms with van der Waals surface area (Å²) in [6, 6.07) is 24.6. The molecular formula is C23H20N2O. The first-order valence-corrected chi connectivity index (χ1v) is 8.67. The quantitative estimate of drug-likeness (QED) is 0.503. The zero-order valence-electron chi connectivity index (χ0n) is 14.9. The highest BCUT2D eigenvalue weighted by Crippen LogP contribution is 2.33. The van der Waals surface area contributed by atoms with Crippen molar-refractivity contribution in [3.63, 3.8) is 0 Å². The third-order valence-electron chi connectivity index (χ3n) is 4.57. The van der Waals surface area contributed by atoms with Crippen LogP contribution in [0.3, 0.4) is 0 Å². The lowest BCUT2D eigenvalue weighted by Crippen LogP contribution is -2.07. The van der Waals surface area contributed by atoms with E-state index in [1.807, 2.05) is 36.4 Å². The van der Waals surface area contributed by atoms with Gasteiger partial charge in [0.1, 0.15) is 6.10 Å². The van der Waals surface area contributed by atoms with Crippen molar-refractivity contribution >= 4 is 10.9 Å². The first kappa shape index (κ1) is 16.4. The van der Waals surface area contributed by atoms with E-state index in [-0.39, 0.29) is 6.10 Å². The average Bonchev–Trinajstić information content (AvgIpc) is 2.70. The molecule has 0 aliphatic rings. The van der Waals surface area contributed by atoms with Crippen LogP contribution >= 0.6 is 0 Å². The van der Waals surface area contributed by atoms with Crippen LogP contribution in [0, 0.1) is 6.92 Å². The molecule has 1 unspecified atom stereocenters. The number of hydrogen-bond acceptors (Lipinski definition) is 3. The molecule has 0 fully saturated rings. The van der Waals surface area contributed by atoms with Gasteiger partial charge >= 0.3 is 0 Å². The predicted octanol–water partition coefficient (Wildman–Crippen LogP) is 5.34. The van der Waals surface area contributed by atoms with Crippen LogP contribution in [-0.2, 0) is 4.74 Å². The van der Waals surface area contributed by atoms with E-state index >= 15 is 0 Å². The fourth-order valence-electron chi connectivity index (χ4n) is 3.23. The molecule has 0 aliphatic carbocycles. The Bertz CT molecular complexity index is 1030. The smallest absolute Gasteiger partial charge is 0.125 e. The summed E-state index contributed by atoms with van der Waals surface area (Å²) in [5.41, 5.74) is 6.19. The number of nitrogens with zero attached hydrogens (tertiary/aromatic N) is 2. The van der Waals surface area contributed by atoms with Crippen molar-refractivity contribution in [2.75, 3.05) is 7.11 Å². The number of aromatic nitrogens is 2. The molecule has 0 spiro atoms. The van der Waals surface area contributed by atoms with Crippen LogP contribution in [0.2, 0.25) is 0 Å². The summed E-state index contributed by atoms with van der Waals surface area (Å²) in [5.74, 6) is 0. The Hall–Kier alpha value is -3.04. The zero-order valence-corrected chi connectivity index (χ0v) is 14.9. The van der Waals surface area contributed by atoms with Crippen molar-refractivity contribution < 1.29 is 4.74 Å². The number of aryl methyl sites for hydroxylation is 1. The first-order valence-electron chi connectivity index (χ1n) is 8.67. The summed E-state index contributed by atoms with van der Waals surface area (Å²) in [6.07, 6.45) is 1.55. The van der Waals surface area contributed by atoms with Gasteiger partial charge in [0.25, 0.3) is 0 Å². The molecule has 4 aromatic rings. The molecule has 0 bridgehead atoms. The lowest BCUT2D eigenvalue weighted by molar-refractivity contribution is 0.134. The van der Waals surface area contributed by atoms with Gasteiger partial charge in [-0.25, -0.2) is 4.98 Å². The van der Waals surface area contributed by atoms with E-state index in [0.717, 1.165) is 33.4 Å². The third-order valence-corrected chi connectivity index (χ3v) is 4.57. The highest BCUT2D eigenvalue weighted by molar-refractivity contribution is 5.86. The van der Waals surface area contributed by atoms with E-state index < -0.39 is 0 Å². The molecule has 0 amide bonds.